The molecule has 3 amide bonds. The number of alkyl carbamates (subject to hydrolysis) is 1. The predicted octanol–water partition coefficient (Wildman–Crippen LogP) is 2.24. The number of halogens is 1. The van der Waals surface area contributed by atoms with Crippen molar-refractivity contribution in [1.29, 1.82) is 0 Å². The fourth-order valence-corrected chi connectivity index (χ4v) is 2.28. The van der Waals surface area contributed by atoms with Gasteiger partial charge in [-0.3, -0.25) is 9.59 Å². The maximum absolute atomic E-state index is 13.6. The molecular formula is C19H20FN3O4. The van der Waals surface area contributed by atoms with E-state index in [9.17, 15) is 18.8 Å². The van der Waals surface area contributed by atoms with Crippen LogP contribution in [-0.2, 0) is 20.9 Å². The lowest BCUT2D eigenvalue weighted by Gasteiger charge is -2.18. The highest BCUT2D eigenvalue weighted by atomic mass is 19.1. The molecule has 0 saturated heterocycles. The molecule has 0 unspecified atom stereocenters. The normalized spacial score (nSPS) is 11.3. The maximum atomic E-state index is 13.6. The van der Waals surface area contributed by atoms with E-state index in [0.717, 1.165) is 5.56 Å². The first-order valence-corrected chi connectivity index (χ1v) is 8.18. The van der Waals surface area contributed by atoms with Gasteiger partial charge in [0, 0.05) is 11.3 Å². The number of nitrogens with one attached hydrogen (secondary N) is 2. The molecule has 0 aromatic heterocycles. The van der Waals surface area contributed by atoms with Gasteiger partial charge in [0.25, 0.3) is 0 Å². The van der Waals surface area contributed by atoms with Gasteiger partial charge in [0.15, 0.2) is 0 Å². The molecule has 27 heavy (non-hydrogen) atoms. The molecule has 1 atom stereocenters. The number of hydrogen-bond donors (Lipinski definition) is 3. The largest absolute Gasteiger partial charge is 0.445 e. The van der Waals surface area contributed by atoms with E-state index >= 15 is 0 Å². The van der Waals surface area contributed by atoms with Crippen molar-refractivity contribution in [3.8, 4) is 0 Å². The monoisotopic (exact) mass is 373 g/mol. The lowest BCUT2D eigenvalue weighted by Crippen LogP contribution is -2.46. The second-order valence-electron chi connectivity index (χ2n) is 5.83. The Labute approximate surface area is 155 Å². The third-order valence-electron chi connectivity index (χ3n) is 3.75. The van der Waals surface area contributed by atoms with Crippen molar-refractivity contribution in [1.82, 2.24) is 5.32 Å². The molecule has 4 N–H and O–H groups in total. The summed E-state index contributed by atoms with van der Waals surface area (Å²) in [5.41, 5.74) is 6.37. The molecule has 0 aliphatic heterocycles. The molecule has 0 heterocycles. The first-order chi connectivity index (χ1) is 12.9. The number of carbonyl (C=O) groups is 3. The minimum Gasteiger partial charge on any atom is -0.445 e. The van der Waals surface area contributed by atoms with Crippen molar-refractivity contribution < 1.29 is 23.5 Å². The molecule has 0 radical (unpaired) electrons. The third-order valence-corrected chi connectivity index (χ3v) is 3.75. The number of benzene rings is 2. The van der Waals surface area contributed by atoms with Crippen LogP contribution in [0.5, 0.6) is 0 Å². The number of primary amides is 1. The van der Waals surface area contributed by atoms with E-state index in [4.69, 9.17) is 10.5 Å². The Bertz CT molecular complexity index is 827. The van der Waals surface area contributed by atoms with Crippen LogP contribution < -0.4 is 16.4 Å². The highest BCUT2D eigenvalue weighted by Gasteiger charge is 2.24. The zero-order valence-electron chi connectivity index (χ0n) is 14.7. The lowest BCUT2D eigenvalue weighted by atomic mass is 10.1. The van der Waals surface area contributed by atoms with E-state index in [-0.39, 0.29) is 17.9 Å². The first-order valence-electron chi connectivity index (χ1n) is 8.18. The van der Waals surface area contributed by atoms with Crippen molar-refractivity contribution in [3.05, 3.63) is 65.5 Å². The van der Waals surface area contributed by atoms with Gasteiger partial charge in [-0.25, -0.2) is 9.18 Å². The first kappa shape index (κ1) is 19.9. The summed E-state index contributed by atoms with van der Waals surface area (Å²) in [4.78, 5) is 35.6. The number of ether oxygens (including phenoxy) is 1. The quantitative estimate of drug-likeness (QED) is 0.691. The summed E-state index contributed by atoms with van der Waals surface area (Å²) in [6, 6.07) is 11.9. The van der Waals surface area contributed by atoms with Crippen LogP contribution in [0.4, 0.5) is 14.9 Å². The molecule has 0 aliphatic carbocycles. The van der Waals surface area contributed by atoms with Gasteiger partial charge >= 0.3 is 6.09 Å². The number of rotatable bonds is 7. The molecule has 142 valence electrons. The van der Waals surface area contributed by atoms with Gasteiger partial charge in [0.1, 0.15) is 18.5 Å². The average molecular weight is 373 g/mol. The molecule has 0 bridgehead atoms. The average Bonchev–Trinajstić information content (AvgIpc) is 2.63. The highest BCUT2D eigenvalue weighted by molar-refractivity contribution is 5.99. The van der Waals surface area contributed by atoms with E-state index in [2.05, 4.69) is 10.6 Å². The summed E-state index contributed by atoms with van der Waals surface area (Å²) in [6.45, 7) is 1.50. The van der Waals surface area contributed by atoms with Crippen LogP contribution in [0.2, 0.25) is 0 Å². The molecular weight excluding hydrogens is 353 g/mol. The summed E-state index contributed by atoms with van der Waals surface area (Å²) < 4.78 is 18.6. The van der Waals surface area contributed by atoms with Crippen LogP contribution in [0.15, 0.2) is 48.5 Å². The van der Waals surface area contributed by atoms with Gasteiger partial charge in [0.05, 0.1) is 6.42 Å². The van der Waals surface area contributed by atoms with Crippen LogP contribution in [-0.4, -0.2) is 23.9 Å². The lowest BCUT2D eigenvalue weighted by molar-refractivity contribution is -0.123. The van der Waals surface area contributed by atoms with E-state index in [0.29, 0.717) is 0 Å². The van der Waals surface area contributed by atoms with Gasteiger partial charge in [0.2, 0.25) is 11.8 Å². The fraction of sp³-hybridized carbons (Fsp3) is 0.211. The number of hydrogen-bond acceptors (Lipinski definition) is 4. The van der Waals surface area contributed by atoms with Crippen LogP contribution >= 0.6 is 0 Å². The molecule has 0 saturated carbocycles. The van der Waals surface area contributed by atoms with Crippen molar-refractivity contribution >= 4 is 23.6 Å². The van der Waals surface area contributed by atoms with Gasteiger partial charge in [-0.1, -0.05) is 36.4 Å². The number of anilines is 1. The summed E-state index contributed by atoms with van der Waals surface area (Å²) in [7, 11) is 0. The van der Waals surface area contributed by atoms with Crippen molar-refractivity contribution in [2.24, 2.45) is 5.73 Å². The smallest absolute Gasteiger partial charge is 0.408 e. The second-order valence-corrected chi connectivity index (χ2v) is 5.83. The molecule has 0 aliphatic rings. The van der Waals surface area contributed by atoms with Gasteiger partial charge in [-0.05, 0) is 24.6 Å². The Morgan fingerprint density at radius 3 is 2.48 bits per heavy atom. The molecule has 2 rings (SSSR count). The van der Waals surface area contributed by atoms with E-state index in [1.54, 1.807) is 24.3 Å². The van der Waals surface area contributed by atoms with E-state index in [1.807, 2.05) is 6.07 Å². The Kier molecular flexibility index (Phi) is 6.87. The Balaban J connectivity index is 2.00. The summed E-state index contributed by atoms with van der Waals surface area (Å²) in [6.07, 6.45) is -1.31. The zero-order chi connectivity index (χ0) is 19.8. The van der Waals surface area contributed by atoms with E-state index in [1.165, 1.54) is 25.1 Å². The van der Waals surface area contributed by atoms with Crippen LogP contribution in [0.1, 0.15) is 17.5 Å². The zero-order valence-corrected chi connectivity index (χ0v) is 14.7. The van der Waals surface area contributed by atoms with Crippen molar-refractivity contribution in [3.63, 3.8) is 0 Å². The number of amides is 3. The minimum atomic E-state index is -1.26. The summed E-state index contributed by atoms with van der Waals surface area (Å²) in [5, 5.41) is 4.78. The second kappa shape index (κ2) is 9.33. The Morgan fingerprint density at radius 2 is 1.81 bits per heavy atom. The number of carbonyl (C=O) groups excluding carboxylic acids is 3. The van der Waals surface area contributed by atoms with Gasteiger partial charge in [-0.2, -0.15) is 0 Å². The highest BCUT2D eigenvalue weighted by Crippen LogP contribution is 2.17. The van der Waals surface area contributed by atoms with Crippen molar-refractivity contribution in [2.75, 3.05) is 5.32 Å². The topological polar surface area (TPSA) is 111 Å². The third kappa shape index (κ3) is 6.10. The standard InChI is InChI=1S/C19H20FN3O4/c1-12-14(20)8-5-9-15(12)22-18(25)16(10-17(21)24)23-19(26)27-11-13-6-3-2-4-7-13/h2-9,16H,10-11H2,1H3,(H2,21,24)(H,22,25)(H,23,26)/t16-/m0/s1. The fourth-order valence-electron chi connectivity index (χ4n) is 2.28. The molecule has 2 aromatic rings. The van der Waals surface area contributed by atoms with Gasteiger partial charge < -0.3 is 21.1 Å². The van der Waals surface area contributed by atoms with Crippen LogP contribution in [0, 0.1) is 12.7 Å². The van der Waals surface area contributed by atoms with Crippen molar-refractivity contribution in [2.45, 2.75) is 26.0 Å². The molecule has 2 aromatic carbocycles. The minimum absolute atomic E-state index is 0.000584. The molecule has 0 fully saturated rings. The van der Waals surface area contributed by atoms with Crippen LogP contribution in [0.25, 0.3) is 0 Å². The molecule has 8 heteroatoms. The number of nitrogens with two attached hydrogens (primary N) is 1. The molecule has 7 nitrogen and oxygen atoms in total. The summed E-state index contributed by atoms with van der Waals surface area (Å²) in [5.74, 6) is -1.98. The van der Waals surface area contributed by atoms with Crippen LogP contribution in [0.3, 0.4) is 0 Å². The Morgan fingerprint density at radius 1 is 1.11 bits per heavy atom. The van der Waals surface area contributed by atoms with Gasteiger partial charge in [-0.15, -0.1) is 0 Å². The Hall–Kier alpha value is -3.42. The predicted molar refractivity (Wildman–Crippen MR) is 97.1 cm³/mol. The molecule has 0 spiro atoms. The van der Waals surface area contributed by atoms with E-state index < -0.39 is 36.2 Å². The summed E-state index contributed by atoms with van der Waals surface area (Å²) >= 11 is 0. The SMILES string of the molecule is Cc1c(F)cccc1NC(=O)[C@H](CC(N)=O)NC(=O)OCc1ccccc1. The maximum Gasteiger partial charge on any atom is 0.408 e.